The molecule has 0 spiro atoms. The normalized spacial score (nSPS) is 18.0. The lowest BCUT2D eigenvalue weighted by atomic mass is 9.97. The first-order chi connectivity index (χ1) is 15.6. The SMILES string of the molecule is CN1C(=O)C2Cc3c(n(Cc4ccc(C(=O)OC(C)(C)C)cc4)c4ccccc34)CN2C1=O. The first-order valence-electron chi connectivity index (χ1n) is 11.1. The van der Waals surface area contributed by atoms with Crippen LogP contribution in [0.2, 0.25) is 0 Å². The molecule has 7 nitrogen and oxygen atoms in total. The number of benzene rings is 2. The lowest BCUT2D eigenvalue weighted by Gasteiger charge is -2.28. The molecule has 3 aromatic rings. The van der Waals surface area contributed by atoms with E-state index in [-0.39, 0.29) is 17.9 Å². The van der Waals surface area contributed by atoms with Gasteiger partial charge < -0.3 is 14.2 Å². The summed E-state index contributed by atoms with van der Waals surface area (Å²) < 4.78 is 7.68. The van der Waals surface area contributed by atoms with Crippen LogP contribution in [0.5, 0.6) is 0 Å². The maximum absolute atomic E-state index is 12.6. The van der Waals surface area contributed by atoms with E-state index in [9.17, 15) is 14.4 Å². The van der Waals surface area contributed by atoms with E-state index in [1.807, 2.05) is 45.0 Å². The van der Waals surface area contributed by atoms with Gasteiger partial charge in [-0.3, -0.25) is 9.69 Å². The van der Waals surface area contributed by atoms with Crippen LogP contribution >= 0.6 is 0 Å². The number of hydrogen-bond donors (Lipinski definition) is 0. The second-order valence-corrected chi connectivity index (χ2v) is 9.76. The van der Waals surface area contributed by atoms with Crippen LogP contribution in [-0.2, 0) is 29.0 Å². The Bertz CT molecular complexity index is 1280. The molecule has 1 unspecified atom stereocenters. The van der Waals surface area contributed by atoms with Crippen LogP contribution in [0.15, 0.2) is 48.5 Å². The summed E-state index contributed by atoms with van der Waals surface area (Å²) in [5, 5.41) is 1.12. The third-order valence-corrected chi connectivity index (χ3v) is 6.37. The molecule has 7 heteroatoms. The van der Waals surface area contributed by atoms with Crippen molar-refractivity contribution in [1.82, 2.24) is 14.4 Å². The van der Waals surface area contributed by atoms with Crippen molar-refractivity contribution in [1.29, 1.82) is 0 Å². The molecular formula is C26H27N3O4. The quantitative estimate of drug-likeness (QED) is 0.452. The highest BCUT2D eigenvalue weighted by atomic mass is 16.6. The maximum Gasteiger partial charge on any atom is 0.338 e. The van der Waals surface area contributed by atoms with Crippen molar-refractivity contribution in [3.8, 4) is 0 Å². The second kappa shape index (κ2) is 7.47. The number of nitrogens with zero attached hydrogens (tertiary/aromatic N) is 3. The highest BCUT2D eigenvalue weighted by Crippen LogP contribution is 2.36. The molecule has 0 radical (unpaired) electrons. The fourth-order valence-corrected chi connectivity index (χ4v) is 4.79. The summed E-state index contributed by atoms with van der Waals surface area (Å²) in [6.07, 6.45) is 0.523. The average Bonchev–Trinajstić information content (AvgIpc) is 3.19. The van der Waals surface area contributed by atoms with Gasteiger partial charge in [-0.2, -0.15) is 0 Å². The van der Waals surface area contributed by atoms with Crippen LogP contribution in [0.25, 0.3) is 10.9 Å². The van der Waals surface area contributed by atoms with Crippen LogP contribution in [0.1, 0.15) is 48.0 Å². The minimum Gasteiger partial charge on any atom is -0.456 e. The number of amides is 3. The Kier molecular flexibility index (Phi) is 4.81. The summed E-state index contributed by atoms with van der Waals surface area (Å²) in [6.45, 7) is 6.54. The number of para-hydroxylation sites is 1. The summed E-state index contributed by atoms with van der Waals surface area (Å²) in [6, 6.07) is 14.9. The minimum absolute atomic E-state index is 0.139. The van der Waals surface area contributed by atoms with E-state index in [0.717, 1.165) is 27.7 Å². The third kappa shape index (κ3) is 3.57. The number of likely N-dealkylation sites (N-methyl/N-ethyl adjacent to an activating group) is 1. The highest BCUT2D eigenvalue weighted by molar-refractivity contribution is 6.05. The molecule has 0 N–H and O–H groups in total. The number of hydrogen-bond acceptors (Lipinski definition) is 4. The Morgan fingerprint density at radius 3 is 2.45 bits per heavy atom. The lowest BCUT2D eigenvalue weighted by Crippen LogP contribution is -2.40. The number of rotatable bonds is 3. The Morgan fingerprint density at radius 2 is 1.76 bits per heavy atom. The van der Waals surface area contributed by atoms with Crippen molar-refractivity contribution in [3.05, 3.63) is 70.9 Å². The second-order valence-electron chi connectivity index (χ2n) is 9.76. The number of imide groups is 1. The molecule has 2 aliphatic rings. The average molecular weight is 446 g/mol. The number of urea groups is 1. The van der Waals surface area contributed by atoms with Gasteiger partial charge in [-0.25, -0.2) is 9.59 Å². The van der Waals surface area contributed by atoms with Crippen LogP contribution in [0.4, 0.5) is 4.79 Å². The van der Waals surface area contributed by atoms with E-state index >= 15 is 0 Å². The highest BCUT2D eigenvalue weighted by Gasteiger charge is 2.46. The van der Waals surface area contributed by atoms with Crippen molar-refractivity contribution >= 4 is 28.8 Å². The van der Waals surface area contributed by atoms with Crippen molar-refractivity contribution in [2.24, 2.45) is 0 Å². The minimum atomic E-state index is -0.542. The van der Waals surface area contributed by atoms with E-state index in [4.69, 9.17) is 4.74 Å². The lowest BCUT2D eigenvalue weighted by molar-refractivity contribution is -0.127. The largest absolute Gasteiger partial charge is 0.456 e. The van der Waals surface area contributed by atoms with Gasteiger partial charge in [0.25, 0.3) is 5.91 Å². The van der Waals surface area contributed by atoms with Gasteiger partial charge in [0.1, 0.15) is 11.6 Å². The van der Waals surface area contributed by atoms with Crippen LogP contribution in [-0.4, -0.2) is 51.0 Å². The predicted octanol–water partition coefficient (Wildman–Crippen LogP) is 3.96. The number of aromatic nitrogens is 1. The van der Waals surface area contributed by atoms with Crippen LogP contribution < -0.4 is 0 Å². The molecule has 2 aliphatic heterocycles. The summed E-state index contributed by atoms with van der Waals surface area (Å²) in [5.41, 5.74) is 4.27. The van der Waals surface area contributed by atoms with E-state index in [2.05, 4.69) is 16.7 Å². The number of esters is 1. The number of carbonyl (C=O) groups is 3. The molecule has 3 amide bonds. The van der Waals surface area contributed by atoms with Gasteiger partial charge >= 0.3 is 12.0 Å². The Morgan fingerprint density at radius 1 is 1.06 bits per heavy atom. The molecule has 1 fully saturated rings. The smallest absolute Gasteiger partial charge is 0.338 e. The van der Waals surface area contributed by atoms with Gasteiger partial charge in [0.15, 0.2) is 0 Å². The zero-order valence-electron chi connectivity index (χ0n) is 19.3. The standard InChI is InChI=1S/C26H27N3O4/c1-26(2,3)33-24(31)17-11-9-16(10-12-17)14-28-20-8-6-5-7-18(20)19-13-21-23(30)27(4)25(32)29(21)15-22(19)28/h5-12,21H,13-15H2,1-4H3. The van der Waals surface area contributed by atoms with Crippen molar-refractivity contribution in [2.75, 3.05) is 7.05 Å². The molecule has 1 aromatic heterocycles. The van der Waals surface area contributed by atoms with Gasteiger partial charge in [-0.1, -0.05) is 30.3 Å². The topological polar surface area (TPSA) is 71.9 Å². The predicted molar refractivity (Wildman–Crippen MR) is 124 cm³/mol. The summed E-state index contributed by atoms with van der Waals surface area (Å²) in [5.74, 6) is -0.481. The molecule has 0 bridgehead atoms. The molecule has 0 aliphatic carbocycles. The first kappa shape index (κ1) is 21.2. The van der Waals surface area contributed by atoms with E-state index in [0.29, 0.717) is 25.1 Å². The molecule has 5 rings (SSSR count). The van der Waals surface area contributed by atoms with E-state index < -0.39 is 11.6 Å². The zero-order chi connectivity index (χ0) is 23.5. The molecule has 0 saturated carbocycles. The number of fused-ring (bicyclic) bond motifs is 4. The zero-order valence-corrected chi connectivity index (χ0v) is 19.3. The molecule has 33 heavy (non-hydrogen) atoms. The fourth-order valence-electron chi connectivity index (χ4n) is 4.79. The van der Waals surface area contributed by atoms with E-state index in [1.54, 1.807) is 24.1 Å². The maximum atomic E-state index is 12.6. The summed E-state index contributed by atoms with van der Waals surface area (Å²) >= 11 is 0. The fraction of sp³-hybridized carbons (Fsp3) is 0.346. The van der Waals surface area contributed by atoms with Gasteiger partial charge in [0, 0.05) is 36.6 Å². The molecule has 1 atom stereocenters. The van der Waals surface area contributed by atoms with Gasteiger partial charge in [-0.05, 0) is 50.1 Å². The number of ether oxygens (including phenoxy) is 1. The number of carbonyl (C=O) groups excluding carboxylic acids is 3. The summed E-state index contributed by atoms with van der Waals surface area (Å²) in [4.78, 5) is 40.5. The van der Waals surface area contributed by atoms with Crippen molar-refractivity contribution in [2.45, 2.75) is 51.9 Å². The van der Waals surface area contributed by atoms with Gasteiger partial charge in [0.2, 0.25) is 0 Å². The van der Waals surface area contributed by atoms with Crippen molar-refractivity contribution in [3.63, 3.8) is 0 Å². The molecule has 170 valence electrons. The summed E-state index contributed by atoms with van der Waals surface area (Å²) in [7, 11) is 1.55. The first-order valence-corrected chi connectivity index (χ1v) is 11.1. The Labute approximate surface area is 192 Å². The van der Waals surface area contributed by atoms with E-state index in [1.165, 1.54) is 4.90 Å². The third-order valence-electron chi connectivity index (χ3n) is 6.37. The molecular weight excluding hydrogens is 418 g/mol. The monoisotopic (exact) mass is 445 g/mol. The van der Waals surface area contributed by atoms with Crippen LogP contribution in [0.3, 0.4) is 0 Å². The molecule has 3 heterocycles. The van der Waals surface area contributed by atoms with Crippen molar-refractivity contribution < 1.29 is 19.1 Å². The van der Waals surface area contributed by atoms with Crippen LogP contribution in [0, 0.1) is 0 Å². The van der Waals surface area contributed by atoms with Gasteiger partial charge in [0.05, 0.1) is 12.1 Å². The Balaban J connectivity index is 1.49. The van der Waals surface area contributed by atoms with Gasteiger partial charge in [-0.15, -0.1) is 0 Å². The molecule has 1 saturated heterocycles. The molecule has 2 aromatic carbocycles. The Hall–Kier alpha value is -3.61.